The first-order chi connectivity index (χ1) is 8.96. The third kappa shape index (κ3) is 4.42. The molecular weight excluding hydrogens is 316 g/mol. The average Bonchev–Trinajstić information content (AvgIpc) is 2.35. The molecule has 1 saturated heterocycles. The Bertz CT molecular complexity index is 429. The van der Waals surface area contributed by atoms with Crippen LogP contribution >= 0.6 is 15.9 Å². The molecule has 1 aliphatic heterocycles. The van der Waals surface area contributed by atoms with Gasteiger partial charge in [-0.15, -0.1) is 0 Å². The first kappa shape index (κ1) is 14.7. The molecule has 1 fully saturated rings. The van der Waals surface area contributed by atoms with Gasteiger partial charge in [-0.25, -0.2) is 8.78 Å². The van der Waals surface area contributed by atoms with Gasteiger partial charge in [0.2, 0.25) is 0 Å². The number of nitrogens with zero attached hydrogens (tertiary/aromatic N) is 1. The Morgan fingerprint density at radius 1 is 1.32 bits per heavy atom. The minimum Gasteiger partial charge on any atom is -0.491 e. The molecule has 2 nitrogen and oxygen atoms in total. The van der Waals surface area contributed by atoms with Crippen molar-refractivity contribution in [1.82, 2.24) is 4.90 Å². The number of hydrogen-bond acceptors (Lipinski definition) is 2. The van der Waals surface area contributed by atoms with Crippen molar-refractivity contribution in [3.63, 3.8) is 0 Å². The highest BCUT2D eigenvalue weighted by atomic mass is 79.9. The van der Waals surface area contributed by atoms with E-state index in [1.165, 1.54) is 0 Å². The first-order valence-electron chi connectivity index (χ1n) is 6.45. The summed E-state index contributed by atoms with van der Waals surface area (Å²) in [6.07, 6.45) is -0.0811. The molecule has 19 heavy (non-hydrogen) atoms. The van der Waals surface area contributed by atoms with Gasteiger partial charge in [0.1, 0.15) is 12.4 Å². The Balaban J connectivity index is 1.76. The maximum Gasteiger partial charge on any atom is 0.250 e. The van der Waals surface area contributed by atoms with Crippen LogP contribution < -0.4 is 4.74 Å². The molecule has 106 valence electrons. The largest absolute Gasteiger partial charge is 0.491 e. The molecule has 0 radical (unpaired) electrons. The average molecular weight is 334 g/mol. The van der Waals surface area contributed by atoms with Crippen LogP contribution in [0, 0.1) is 6.92 Å². The Morgan fingerprint density at radius 2 is 2.00 bits per heavy atom. The number of benzene rings is 1. The number of likely N-dealkylation sites (tertiary alicyclic amines) is 1. The molecule has 0 bridgehead atoms. The molecule has 5 heteroatoms. The second-order valence-electron chi connectivity index (χ2n) is 4.98. The molecule has 0 atom stereocenters. The fourth-order valence-corrected chi connectivity index (χ4v) is 2.47. The summed E-state index contributed by atoms with van der Waals surface area (Å²) >= 11 is 3.43. The number of hydrogen-bond donors (Lipinski definition) is 0. The van der Waals surface area contributed by atoms with E-state index in [9.17, 15) is 8.78 Å². The monoisotopic (exact) mass is 333 g/mol. The Hall–Kier alpha value is -0.680. The third-order valence-corrected chi connectivity index (χ3v) is 3.99. The van der Waals surface area contributed by atoms with Crippen molar-refractivity contribution in [3.8, 4) is 5.75 Å². The molecule has 0 amide bonds. The van der Waals surface area contributed by atoms with Crippen molar-refractivity contribution in [2.24, 2.45) is 0 Å². The van der Waals surface area contributed by atoms with Gasteiger partial charge in [0.25, 0.3) is 5.92 Å². The summed E-state index contributed by atoms with van der Waals surface area (Å²) in [4.78, 5) is 2.03. The van der Waals surface area contributed by atoms with Gasteiger partial charge in [-0.05, 0) is 40.5 Å². The molecule has 0 N–H and O–H groups in total. The third-order valence-electron chi connectivity index (χ3n) is 3.34. The van der Waals surface area contributed by atoms with E-state index < -0.39 is 5.92 Å². The first-order valence-corrected chi connectivity index (χ1v) is 7.25. The highest BCUT2D eigenvalue weighted by Crippen LogP contribution is 2.28. The molecule has 0 unspecified atom stereocenters. The number of halogens is 3. The molecule has 1 aromatic carbocycles. The Morgan fingerprint density at radius 3 is 2.68 bits per heavy atom. The van der Waals surface area contributed by atoms with Gasteiger partial charge in [0.15, 0.2) is 0 Å². The smallest absolute Gasteiger partial charge is 0.250 e. The van der Waals surface area contributed by atoms with Crippen molar-refractivity contribution in [1.29, 1.82) is 0 Å². The van der Waals surface area contributed by atoms with Crippen molar-refractivity contribution in [2.45, 2.75) is 25.7 Å². The van der Waals surface area contributed by atoms with Crippen LogP contribution in [-0.4, -0.2) is 37.1 Å². The van der Waals surface area contributed by atoms with Crippen molar-refractivity contribution < 1.29 is 13.5 Å². The summed E-state index contributed by atoms with van der Waals surface area (Å²) < 4.78 is 32.6. The van der Waals surface area contributed by atoms with Crippen LogP contribution in [0.1, 0.15) is 18.4 Å². The predicted octanol–water partition coefficient (Wildman–Crippen LogP) is 3.87. The van der Waals surface area contributed by atoms with Crippen molar-refractivity contribution in [3.05, 3.63) is 28.2 Å². The van der Waals surface area contributed by atoms with Crippen LogP contribution in [0.25, 0.3) is 0 Å². The number of piperidine rings is 1. The summed E-state index contributed by atoms with van der Waals surface area (Å²) in [5.74, 6) is -1.67. The van der Waals surface area contributed by atoms with Gasteiger partial charge in [-0.2, -0.15) is 0 Å². The fourth-order valence-electron chi connectivity index (χ4n) is 2.11. The zero-order chi connectivity index (χ0) is 13.9. The topological polar surface area (TPSA) is 12.5 Å². The van der Waals surface area contributed by atoms with Gasteiger partial charge in [0.05, 0.1) is 4.47 Å². The molecule has 2 rings (SSSR count). The lowest BCUT2D eigenvalue weighted by atomic mass is 10.1. The quantitative estimate of drug-likeness (QED) is 0.829. The van der Waals surface area contributed by atoms with Crippen molar-refractivity contribution >= 4 is 15.9 Å². The van der Waals surface area contributed by atoms with Gasteiger partial charge >= 0.3 is 0 Å². The summed E-state index contributed by atoms with van der Waals surface area (Å²) in [6.45, 7) is 4.12. The molecule has 0 spiro atoms. The molecule has 0 saturated carbocycles. The Labute approximate surface area is 120 Å². The van der Waals surface area contributed by atoms with E-state index in [2.05, 4.69) is 15.9 Å². The van der Waals surface area contributed by atoms with Crippen LogP contribution in [0.4, 0.5) is 8.78 Å². The predicted molar refractivity (Wildman–Crippen MR) is 75.0 cm³/mol. The molecule has 1 heterocycles. The number of aryl methyl sites for hydroxylation is 1. The molecule has 1 aliphatic rings. The second-order valence-corrected chi connectivity index (χ2v) is 5.83. The number of rotatable bonds is 4. The highest BCUT2D eigenvalue weighted by molar-refractivity contribution is 9.10. The van der Waals surface area contributed by atoms with E-state index in [1.54, 1.807) is 0 Å². The van der Waals surface area contributed by atoms with Crippen LogP contribution in [-0.2, 0) is 0 Å². The van der Waals surface area contributed by atoms with Crippen molar-refractivity contribution in [2.75, 3.05) is 26.2 Å². The van der Waals surface area contributed by atoms with E-state index in [4.69, 9.17) is 4.74 Å². The van der Waals surface area contributed by atoms with E-state index in [0.29, 0.717) is 26.2 Å². The lowest BCUT2D eigenvalue weighted by Gasteiger charge is -2.31. The zero-order valence-corrected chi connectivity index (χ0v) is 12.6. The summed E-state index contributed by atoms with van der Waals surface area (Å²) in [7, 11) is 0. The van der Waals surface area contributed by atoms with Gasteiger partial charge in [0, 0.05) is 32.5 Å². The normalized spacial score (nSPS) is 19.4. The summed E-state index contributed by atoms with van der Waals surface area (Å²) in [5, 5.41) is 0. The number of alkyl halides is 2. The maximum absolute atomic E-state index is 13.0. The zero-order valence-electron chi connectivity index (χ0n) is 11.0. The van der Waals surface area contributed by atoms with Crippen LogP contribution in [0.3, 0.4) is 0 Å². The van der Waals surface area contributed by atoms with E-state index in [0.717, 1.165) is 15.8 Å². The SMILES string of the molecule is Cc1ccc(Br)c(OCCN2CCC(F)(F)CC2)c1. The van der Waals surface area contributed by atoms with Crippen LogP contribution in [0.2, 0.25) is 0 Å². The standard InChI is InChI=1S/C14H18BrF2NO/c1-11-2-3-12(15)13(10-11)19-9-8-18-6-4-14(16,17)5-7-18/h2-3,10H,4-9H2,1H3. The highest BCUT2D eigenvalue weighted by Gasteiger charge is 2.33. The minimum atomic E-state index is -2.48. The lowest BCUT2D eigenvalue weighted by Crippen LogP contribution is -2.41. The molecule has 0 aromatic heterocycles. The lowest BCUT2D eigenvalue weighted by molar-refractivity contribution is -0.0564. The minimum absolute atomic E-state index is 0.0405. The summed E-state index contributed by atoms with van der Waals surface area (Å²) in [6, 6.07) is 5.92. The van der Waals surface area contributed by atoms with Gasteiger partial charge in [-0.3, -0.25) is 4.90 Å². The molecule has 0 aliphatic carbocycles. The van der Waals surface area contributed by atoms with Crippen LogP contribution in [0.15, 0.2) is 22.7 Å². The molecular formula is C14H18BrF2NO. The van der Waals surface area contributed by atoms with E-state index in [1.807, 2.05) is 30.0 Å². The summed E-state index contributed by atoms with van der Waals surface area (Å²) in [5.41, 5.74) is 1.14. The number of ether oxygens (including phenoxy) is 1. The Kier molecular flexibility index (Phi) is 4.79. The van der Waals surface area contributed by atoms with Crippen LogP contribution in [0.5, 0.6) is 5.75 Å². The fraction of sp³-hybridized carbons (Fsp3) is 0.571. The van der Waals surface area contributed by atoms with Gasteiger partial charge in [-0.1, -0.05) is 6.07 Å². The van der Waals surface area contributed by atoms with E-state index in [-0.39, 0.29) is 12.8 Å². The maximum atomic E-state index is 13.0. The van der Waals surface area contributed by atoms with E-state index >= 15 is 0 Å². The second kappa shape index (κ2) is 6.18. The molecule has 1 aromatic rings. The van der Waals surface area contributed by atoms with Gasteiger partial charge < -0.3 is 4.74 Å².